The number of thiazole rings is 1. The zero-order chi connectivity index (χ0) is 14.3. The van der Waals surface area contributed by atoms with Crippen molar-refractivity contribution in [2.75, 3.05) is 0 Å². The number of nitrogens with two attached hydrogens (primary N) is 1. The van der Waals surface area contributed by atoms with Crippen molar-refractivity contribution < 1.29 is 0 Å². The summed E-state index contributed by atoms with van der Waals surface area (Å²) in [6.45, 7) is 4.84. The van der Waals surface area contributed by atoms with Crippen LogP contribution in [0.2, 0.25) is 5.02 Å². The summed E-state index contributed by atoms with van der Waals surface area (Å²) in [4.78, 5) is 9.26. The molecular formula is C14H15ClN4S. The normalized spacial score (nSPS) is 13.0. The Hall–Kier alpha value is -1.43. The molecule has 2 N–H and O–H groups in total. The lowest BCUT2D eigenvalue weighted by atomic mass is 10.3. The Morgan fingerprint density at radius 3 is 2.85 bits per heavy atom. The molecule has 4 nitrogen and oxygen atoms in total. The summed E-state index contributed by atoms with van der Waals surface area (Å²) in [6, 6.07) is 5.68. The van der Waals surface area contributed by atoms with Crippen molar-refractivity contribution in [2.45, 2.75) is 26.4 Å². The maximum absolute atomic E-state index is 6.08. The van der Waals surface area contributed by atoms with Crippen LogP contribution in [0.25, 0.3) is 22.6 Å². The molecule has 2 aromatic heterocycles. The van der Waals surface area contributed by atoms with Crippen LogP contribution >= 0.6 is 22.9 Å². The van der Waals surface area contributed by atoms with Gasteiger partial charge >= 0.3 is 0 Å². The van der Waals surface area contributed by atoms with E-state index in [1.165, 1.54) is 0 Å². The lowest BCUT2D eigenvalue weighted by Crippen LogP contribution is -2.04. The number of aryl methyl sites for hydroxylation is 1. The summed E-state index contributed by atoms with van der Waals surface area (Å²) in [5.74, 6) is 0.868. The van der Waals surface area contributed by atoms with Crippen molar-refractivity contribution in [3.63, 3.8) is 0 Å². The van der Waals surface area contributed by atoms with E-state index in [1.54, 1.807) is 11.3 Å². The molecule has 0 aliphatic carbocycles. The van der Waals surface area contributed by atoms with Crippen molar-refractivity contribution >= 4 is 34.0 Å². The van der Waals surface area contributed by atoms with Crippen molar-refractivity contribution in [1.29, 1.82) is 0 Å². The summed E-state index contributed by atoms with van der Waals surface area (Å²) in [6.07, 6.45) is 0. The molecule has 6 heteroatoms. The number of imidazole rings is 1. The van der Waals surface area contributed by atoms with Gasteiger partial charge in [-0.15, -0.1) is 11.3 Å². The van der Waals surface area contributed by atoms with Crippen LogP contribution in [0.5, 0.6) is 0 Å². The number of fused-ring (bicyclic) bond motifs is 1. The third kappa shape index (κ3) is 2.22. The third-order valence-corrected chi connectivity index (χ3v) is 4.45. The summed E-state index contributed by atoms with van der Waals surface area (Å²) in [7, 11) is 0. The van der Waals surface area contributed by atoms with Crippen LogP contribution in [-0.4, -0.2) is 14.5 Å². The molecule has 0 saturated carbocycles. The summed E-state index contributed by atoms with van der Waals surface area (Å²) in [5.41, 5.74) is 8.71. The van der Waals surface area contributed by atoms with Crippen molar-refractivity contribution in [3.8, 4) is 11.5 Å². The SMILES string of the molecule is CCn1c(-c2csc(C(C)N)n2)nc2ccc(Cl)cc21. The highest BCUT2D eigenvalue weighted by Gasteiger charge is 2.15. The van der Waals surface area contributed by atoms with E-state index in [2.05, 4.69) is 21.5 Å². The zero-order valence-corrected chi connectivity index (χ0v) is 12.9. The number of halogens is 1. The Morgan fingerprint density at radius 1 is 1.40 bits per heavy atom. The predicted molar refractivity (Wildman–Crippen MR) is 84.1 cm³/mol. The first-order valence-corrected chi connectivity index (χ1v) is 7.73. The van der Waals surface area contributed by atoms with Crippen molar-refractivity contribution in [2.24, 2.45) is 5.73 Å². The van der Waals surface area contributed by atoms with E-state index in [0.29, 0.717) is 5.02 Å². The Morgan fingerprint density at radius 2 is 2.20 bits per heavy atom. The van der Waals surface area contributed by atoms with Crippen LogP contribution in [0, 0.1) is 0 Å². The Balaban J connectivity index is 2.19. The van der Waals surface area contributed by atoms with E-state index >= 15 is 0 Å². The first-order valence-electron chi connectivity index (χ1n) is 6.47. The molecule has 0 spiro atoms. The van der Waals surface area contributed by atoms with Crippen LogP contribution in [0.4, 0.5) is 0 Å². The van der Waals surface area contributed by atoms with Crippen LogP contribution < -0.4 is 5.73 Å². The molecule has 0 radical (unpaired) electrons. The highest BCUT2D eigenvalue weighted by Crippen LogP contribution is 2.28. The molecule has 0 amide bonds. The molecule has 0 aliphatic rings. The molecule has 1 unspecified atom stereocenters. The van der Waals surface area contributed by atoms with E-state index in [1.807, 2.05) is 30.5 Å². The van der Waals surface area contributed by atoms with E-state index in [-0.39, 0.29) is 6.04 Å². The quantitative estimate of drug-likeness (QED) is 0.799. The fourth-order valence-electron chi connectivity index (χ4n) is 2.21. The predicted octanol–water partition coefficient (Wildman–Crippen LogP) is 3.85. The lowest BCUT2D eigenvalue weighted by Gasteiger charge is -2.04. The zero-order valence-electron chi connectivity index (χ0n) is 11.3. The average Bonchev–Trinajstić information content (AvgIpc) is 3.01. The van der Waals surface area contributed by atoms with Crippen LogP contribution in [0.15, 0.2) is 23.6 Å². The van der Waals surface area contributed by atoms with E-state index in [0.717, 1.165) is 34.1 Å². The number of benzene rings is 1. The standard InChI is InChI=1S/C14H15ClN4S/c1-3-19-12-6-9(15)4-5-10(12)17-13(19)11-7-20-14(18-11)8(2)16/h4-8H,3,16H2,1-2H3. The van der Waals surface area contributed by atoms with Gasteiger partial charge in [0.25, 0.3) is 0 Å². The van der Waals surface area contributed by atoms with E-state index in [9.17, 15) is 0 Å². The van der Waals surface area contributed by atoms with Crippen LogP contribution in [-0.2, 0) is 6.54 Å². The number of hydrogen-bond acceptors (Lipinski definition) is 4. The number of rotatable bonds is 3. The Bertz CT molecular complexity index is 760. The number of nitrogens with zero attached hydrogens (tertiary/aromatic N) is 3. The minimum Gasteiger partial charge on any atom is -0.323 e. The maximum Gasteiger partial charge on any atom is 0.160 e. The fourth-order valence-corrected chi connectivity index (χ4v) is 3.13. The first kappa shape index (κ1) is 13.5. The van der Waals surface area contributed by atoms with Gasteiger partial charge in [0.05, 0.1) is 17.1 Å². The molecule has 0 bridgehead atoms. The van der Waals surface area contributed by atoms with Crippen molar-refractivity contribution in [1.82, 2.24) is 14.5 Å². The largest absolute Gasteiger partial charge is 0.323 e. The molecule has 104 valence electrons. The minimum absolute atomic E-state index is 0.0531. The van der Waals surface area contributed by atoms with Gasteiger partial charge in [0.2, 0.25) is 0 Å². The van der Waals surface area contributed by atoms with Crippen LogP contribution in [0.3, 0.4) is 0 Å². The van der Waals surface area contributed by atoms with Gasteiger partial charge in [-0.2, -0.15) is 0 Å². The Kier molecular flexibility index (Phi) is 3.50. The fraction of sp³-hybridized carbons (Fsp3) is 0.286. The molecular weight excluding hydrogens is 292 g/mol. The summed E-state index contributed by atoms with van der Waals surface area (Å²) in [5, 5.41) is 3.65. The maximum atomic E-state index is 6.08. The highest BCUT2D eigenvalue weighted by atomic mass is 35.5. The first-order chi connectivity index (χ1) is 9.60. The van der Waals surface area contributed by atoms with Gasteiger partial charge in [0.1, 0.15) is 10.7 Å². The van der Waals surface area contributed by atoms with Crippen LogP contribution in [0.1, 0.15) is 24.9 Å². The molecule has 3 aromatic rings. The number of hydrogen-bond donors (Lipinski definition) is 1. The smallest absolute Gasteiger partial charge is 0.160 e. The van der Waals surface area contributed by atoms with Gasteiger partial charge < -0.3 is 10.3 Å². The molecule has 0 saturated heterocycles. The monoisotopic (exact) mass is 306 g/mol. The molecule has 3 rings (SSSR count). The van der Waals surface area contributed by atoms with Gasteiger partial charge in [-0.1, -0.05) is 11.6 Å². The second kappa shape index (κ2) is 5.16. The van der Waals surface area contributed by atoms with E-state index in [4.69, 9.17) is 17.3 Å². The van der Waals surface area contributed by atoms with Gasteiger partial charge in [-0.25, -0.2) is 9.97 Å². The molecule has 0 fully saturated rings. The minimum atomic E-state index is -0.0531. The molecule has 0 aliphatic heterocycles. The van der Waals surface area contributed by atoms with Gasteiger partial charge in [-0.3, -0.25) is 0 Å². The molecule has 2 heterocycles. The average molecular weight is 307 g/mol. The van der Waals surface area contributed by atoms with Crippen molar-refractivity contribution in [3.05, 3.63) is 33.6 Å². The topological polar surface area (TPSA) is 56.7 Å². The highest BCUT2D eigenvalue weighted by molar-refractivity contribution is 7.10. The second-order valence-electron chi connectivity index (χ2n) is 4.67. The molecule has 20 heavy (non-hydrogen) atoms. The van der Waals surface area contributed by atoms with Gasteiger partial charge in [0.15, 0.2) is 5.82 Å². The van der Waals surface area contributed by atoms with Gasteiger partial charge in [0, 0.05) is 16.9 Å². The van der Waals surface area contributed by atoms with Gasteiger partial charge in [-0.05, 0) is 32.0 Å². The van der Waals surface area contributed by atoms with E-state index < -0.39 is 0 Å². The Labute approximate surface area is 126 Å². The summed E-state index contributed by atoms with van der Waals surface area (Å²) < 4.78 is 2.13. The summed E-state index contributed by atoms with van der Waals surface area (Å²) >= 11 is 7.65. The second-order valence-corrected chi connectivity index (χ2v) is 6.00. The molecule has 1 aromatic carbocycles. The third-order valence-electron chi connectivity index (χ3n) is 3.17. The molecule has 1 atom stereocenters. The lowest BCUT2D eigenvalue weighted by molar-refractivity contribution is 0.785. The number of aromatic nitrogens is 3.